The summed E-state index contributed by atoms with van der Waals surface area (Å²) in [6.07, 6.45) is 3.59. The summed E-state index contributed by atoms with van der Waals surface area (Å²) >= 11 is 6.91. The number of fused-ring (bicyclic) bond motifs is 2. The summed E-state index contributed by atoms with van der Waals surface area (Å²) in [6.45, 7) is 7.61. The molecule has 2 fully saturated rings. The molecule has 4 N–H and O–H groups in total. The third-order valence-corrected chi connectivity index (χ3v) is 11.0. The number of rotatable bonds is 13. The molecular formula is C39H43Br2N9O4. The first kappa shape index (κ1) is 37.0. The quantitative estimate of drug-likeness (QED) is 0.119. The van der Waals surface area contributed by atoms with Crippen molar-refractivity contribution in [1.29, 1.82) is 0 Å². The molecule has 0 bridgehead atoms. The van der Waals surface area contributed by atoms with Crippen LogP contribution >= 0.6 is 31.9 Å². The van der Waals surface area contributed by atoms with E-state index in [-0.39, 0.29) is 6.10 Å². The molecule has 0 radical (unpaired) electrons. The number of pyridine rings is 2. The van der Waals surface area contributed by atoms with E-state index in [1.807, 2.05) is 60.7 Å². The van der Waals surface area contributed by atoms with Crippen molar-refractivity contribution >= 4 is 54.2 Å². The third-order valence-electron chi connectivity index (χ3n) is 10.2. The van der Waals surface area contributed by atoms with Crippen LogP contribution in [0, 0.1) is 0 Å². The lowest BCUT2D eigenvalue weighted by Crippen LogP contribution is -2.53. The molecule has 4 aromatic heterocycles. The maximum absolute atomic E-state index is 11.6. The monoisotopic (exact) mass is 859 g/mol. The number of piperidine rings is 1. The Morgan fingerprint density at radius 1 is 0.704 bits per heavy atom. The molecule has 2 atom stereocenters. The van der Waals surface area contributed by atoms with Crippen LogP contribution in [-0.4, -0.2) is 139 Å². The number of nitrogens with one attached hydrogen (secondary N) is 2. The fraction of sp³-hybridized carbons (Fsp3) is 0.385. The van der Waals surface area contributed by atoms with Crippen molar-refractivity contribution in [3.63, 3.8) is 0 Å². The highest BCUT2D eigenvalue weighted by atomic mass is 79.9. The minimum atomic E-state index is -0.688. The zero-order chi connectivity index (χ0) is 37.0. The number of hydrogen-bond acceptors (Lipinski definition) is 11. The molecule has 13 nitrogen and oxygen atoms in total. The molecule has 2 saturated heterocycles. The fourth-order valence-electron chi connectivity index (χ4n) is 7.05. The lowest BCUT2D eigenvalue weighted by Gasteiger charge is -2.38. The number of β-amino-alcohol motifs (C(OH)–C–C–N with tert-alkyl or cyclic N) is 1. The summed E-state index contributed by atoms with van der Waals surface area (Å²) in [5, 5.41) is 21.7. The van der Waals surface area contributed by atoms with Gasteiger partial charge in [0.25, 0.3) is 0 Å². The van der Waals surface area contributed by atoms with Gasteiger partial charge in [-0.1, -0.05) is 0 Å². The predicted molar refractivity (Wildman–Crippen MR) is 215 cm³/mol. The summed E-state index contributed by atoms with van der Waals surface area (Å²) in [5.41, 5.74) is 4.98. The topological polar surface area (TPSA) is 152 Å². The highest BCUT2D eigenvalue weighted by molar-refractivity contribution is 9.10. The summed E-state index contributed by atoms with van der Waals surface area (Å²) in [5.74, 6) is 3.02. The summed E-state index contributed by atoms with van der Waals surface area (Å²) in [6, 6.07) is 19.6. The van der Waals surface area contributed by atoms with E-state index in [1.165, 1.54) is 0 Å². The van der Waals surface area contributed by atoms with Gasteiger partial charge in [0.05, 0.1) is 6.10 Å². The lowest BCUT2D eigenvalue weighted by molar-refractivity contribution is -0.0221. The summed E-state index contributed by atoms with van der Waals surface area (Å²) in [7, 11) is 0. The van der Waals surface area contributed by atoms with Gasteiger partial charge in [-0.05, 0) is 105 Å². The standard InChI is InChI=1S/C39H43Br2N9O4/c40-27-19-32-38(42-21-27)46-36(44-32)25-1-5-30(6-2-25)53-18-17-48-13-15-50(16-14-48)23-34(52)35(24-49-11-9-29(51)10-12-49)54-31-7-3-26(4-8-31)37-45-33-20-28(41)22-43-39(33)47-37/h1-8,19-22,29,34-35,51-52H,9-18,23-24H2,(H,42,44,46)(H,43,45,47). The van der Waals surface area contributed by atoms with Gasteiger partial charge in [0, 0.05) is 91.4 Å². The van der Waals surface area contributed by atoms with E-state index in [1.54, 1.807) is 12.4 Å². The Morgan fingerprint density at radius 2 is 1.22 bits per heavy atom. The van der Waals surface area contributed by atoms with E-state index in [0.29, 0.717) is 25.4 Å². The SMILES string of the molecule is OC1CCN(CC(Oc2ccc(-c3nc4cc(Br)cnc4[nH]3)cc2)C(O)CN2CCN(CCOc3ccc(-c4nc5cc(Br)cnc5[nH]4)cc3)CC2)CC1. The number of halogens is 2. The van der Waals surface area contributed by atoms with Crippen molar-refractivity contribution < 1.29 is 19.7 Å². The number of aromatic nitrogens is 6. The molecule has 0 aliphatic carbocycles. The Morgan fingerprint density at radius 3 is 1.80 bits per heavy atom. The van der Waals surface area contributed by atoms with Crippen molar-refractivity contribution in [1.82, 2.24) is 44.6 Å². The third kappa shape index (κ3) is 9.11. The fourth-order valence-corrected chi connectivity index (χ4v) is 7.69. The minimum absolute atomic E-state index is 0.260. The van der Waals surface area contributed by atoms with Crippen molar-refractivity contribution in [3.05, 3.63) is 82.0 Å². The van der Waals surface area contributed by atoms with Crippen molar-refractivity contribution in [2.45, 2.75) is 31.2 Å². The van der Waals surface area contributed by atoms with E-state index in [2.05, 4.69) is 76.5 Å². The second-order valence-electron chi connectivity index (χ2n) is 14.0. The molecule has 282 valence electrons. The number of aromatic amines is 2. The number of hydrogen-bond donors (Lipinski definition) is 4. The Balaban J connectivity index is 0.822. The van der Waals surface area contributed by atoms with Gasteiger partial charge in [0.1, 0.15) is 53.0 Å². The Bertz CT molecular complexity index is 2150. The van der Waals surface area contributed by atoms with E-state index in [4.69, 9.17) is 9.47 Å². The molecule has 0 amide bonds. The molecular weight excluding hydrogens is 818 g/mol. The van der Waals surface area contributed by atoms with Crippen LogP contribution in [0.1, 0.15) is 12.8 Å². The normalized spacial score (nSPS) is 17.6. The summed E-state index contributed by atoms with van der Waals surface area (Å²) < 4.78 is 14.4. The highest BCUT2D eigenvalue weighted by Crippen LogP contribution is 2.26. The second-order valence-corrected chi connectivity index (χ2v) is 15.8. The van der Waals surface area contributed by atoms with Gasteiger partial charge in [-0.25, -0.2) is 19.9 Å². The number of aliphatic hydroxyl groups excluding tert-OH is 2. The predicted octanol–water partition coefficient (Wildman–Crippen LogP) is 5.35. The van der Waals surface area contributed by atoms with E-state index in [9.17, 15) is 10.2 Å². The van der Waals surface area contributed by atoms with E-state index in [0.717, 1.165) is 118 Å². The van der Waals surface area contributed by atoms with Crippen LogP contribution in [0.4, 0.5) is 0 Å². The van der Waals surface area contributed by atoms with Gasteiger partial charge in [0.15, 0.2) is 11.3 Å². The lowest BCUT2D eigenvalue weighted by atomic mass is 10.1. The molecule has 2 aromatic carbocycles. The van der Waals surface area contributed by atoms with Gasteiger partial charge in [-0.3, -0.25) is 14.7 Å². The van der Waals surface area contributed by atoms with Crippen molar-refractivity contribution in [3.8, 4) is 34.3 Å². The molecule has 15 heteroatoms. The molecule has 6 heterocycles. The smallest absolute Gasteiger partial charge is 0.157 e. The molecule has 2 aliphatic rings. The maximum atomic E-state index is 11.6. The second kappa shape index (κ2) is 16.8. The average molecular weight is 862 g/mol. The van der Waals surface area contributed by atoms with Gasteiger partial charge >= 0.3 is 0 Å². The maximum Gasteiger partial charge on any atom is 0.157 e. The number of aliphatic hydroxyl groups is 2. The largest absolute Gasteiger partial charge is 0.492 e. The number of H-pyrrole nitrogens is 2. The Kier molecular flexibility index (Phi) is 11.5. The Hall–Kier alpha value is -3.96. The first-order valence-electron chi connectivity index (χ1n) is 18.4. The number of ether oxygens (including phenoxy) is 2. The number of piperazine rings is 1. The molecule has 6 aromatic rings. The molecule has 54 heavy (non-hydrogen) atoms. The van der Waals surface area contributed by atoms with Gasteiger partial charge in [-0.2, -0.15) is 0 Å². The first-order chi connectivity index (χ1) is 26.3. The number of nitrogens with zero attached hydrogens (tertiary/aromatic N) is 7. The number of benzene rings is 2. The first-order valence-corrected chi connectivity index (χ1v) is 20.0. The van der Waals surface area contributed by atoms with Crippen molar-refractivity contribution in [2.75, 3.05) is 65.5 Å². The highest BCUT2D eigenvalue weighted by Gasteiger charge is 2.29. The molecule has 0 spiro atoms. The van der Waals surface area contributed by atoms with E-state index >= 15 is 0 Å². The van der Waals surface area contributed by atoms with Crippen LogP contribution in [0.25, 0.3) is 45.1 Å². The minimum Gasteiger partial charge on any atom is -0.492 e. The number of likely N-dealkylation sites (tertiary alicyclic amines) is 1. The molecule has 2 aliphatic heterocycles. The van der Waals surface area contributed by atoms with Gasteiger partial charge in [0.2, 0.25) is 0 Å². The van der Waals surface area contributed by atoms with E-state index < -0.39 is 12.2 Å². The van der Waals surface area contributed by atoms with Crippen LogP contribution in [0.2, 0.25) is 0 Å². The molecule has 8 rings (SSSR count). The average Bonchev–Trinajstić information content (AvgIpc) is 3.81. The molecule has 2 unspecified atom stereocenters. The summed E-state index contributed by atoms with van der Waals surface area (Å²) in [4.78, 5) is 31.7. The van der Waals surface area contributed by atoms with Crippen LogP contribution in [0.5, 0.6) is 11.5 Å². The molecule has 0 saturated carbocycles. The zero-order valence-corrected chi connectivity index (χ0v) is 32.9. The van der Waals surface area contributed by atoms with Crippen LogP contribution in [-0.2, 0) is 0 Å². The van der Waals surface area contributed by atoms with Crippen LogP contribution < -0.4 is 9.47 Å². The van der Waals surface area contributed by atoms with Crippen molar-refractivity contribution in [2.24, 2.45) is 0 Å². The number of imidazole rings is 2. The zero-order valence-electron chi connectivity index (χ0n) is 29.7. The van der Waals surface area contributed by atoms with Crippen LogP contribution in [0.3, 0.4) is 0 Å². The van der Waals surface area contributed by atoms with Gasteiger partial charge < -0.3 is 29.7 Å². The van der Waals surface area contributed by atoms with Crippen LogP contribution in [0.15, 0.2) is 82.0 Å². The van der Waals surface area contributed by atoms with Gasteiger partial charge in [-0.15, -0.1) is 0 Å². The Labute approximate surface area is 330 Å².